The third-order valence-corrected chi connectivity index (χ3v) is 3.33. The van der Waals surface area contributed by atoms with Crippen molar-refractivity contribution in [3.63, 3.8) is 0 Å². The Balaban J connectivity index is 2.51. The van der Waals surface area contributed by atoms with Gasteiger partial charge in [-0.15, -0.1) is 0 Å². The van der Waals surface area contributed by atoms with Gasteiger partial charge >= 0.3 is 0 Å². The van der Waals surface area contributed by atoms with Crippen molar-refractivity contribution in [1.82, 2.24) is 5.32 Å². The van der Waals surface area contributed by atoms with Crippen molar-refractivity contribution in [1.29, 1.82) is 0 Å². The number of benzene rings is 1. The normalized spacial score (nSPS) is 18.7. The zero-order valence-electron chi connectivity index (χ0n) is 11.2. The van der Waals surface area contributed by atoms with Gasteiger partial charge < -0.3 is 5.32 Å². The number of allylic oxidation sites excluding steroid dienone is 2. The highest BCUT2D eigenvalue weighted by atomic mass is 16.6. The second-order valence-corrected chi connectivity index (χ2v) is 4.75. The molecule has 0 bridgehead atoms. The van der Waals surface area contributed by atoms with Gasteiger partial charge in [0.2, 0.25) is 5.91 Å². The van der Waals surface area contributed by atoms with E-state index in [1.165, 1.54) is 19.1 Å². The molecule has 0 aromatic heterocycles. The van der Waals surface area contributed by atoms with E-state index in [1.54, 1.807) is 19.1 Å². The molecule has 1 aromatic carbocycles. The van der Waals surface area contributed by atoms with Crippen molar-refractivity contribution >= 4 is 17.4 Å². The lowest BCUT2D eigenvalue weighted by Crippen LogP contribution is -2.33. The van der Waals surface area contributed by atoms with E-state index in [0.29, 0.717) is 16.8 Å². The Bertz CT molecular complexity index is 634. The van der Waals surface area contributed by atoms with Gasteiger partial charge in [-0.05, 0) is 19.4 Å². The maximum Gasteiger partial charge on any atom is 0.269 e. The Morgan fingerprint density at radius 1 is 1.45 bits per heavy atom. The molecular formula is C14H14N2O4. The molecule has 2 rings (SSSR count). The van der Waals surface area contributed by atoms with Crippen molar-refractivity contribution in [2.75, 3.05) is 0 Å². The third-order valence-electron chi connectivity index (χ3n) is 3.33. The summed E-state index contributed by atoms with van der Waals surface area (Å²) in [6, 6.07) is 6.06. The molecule has 1 aliphatic rings. The molecule has 0 aliphatic carbocycles. The monoisotopic (exact) mass is 274 g/mol. The summed E-state index contributed by atoms with van der Waals surface area (Å²) in [5.74, 6) is -0.760. The Morgan fingerprint density at radius 3 is 2.75 bits per heavy atom. The minimum absolute atomic E-state index is 0.0472. The van der Waals surface area contributed by atoms with Crippen LogP contribution in [0.15, 0.2) is 35.5 Å². The molecule has 20 heavy (non-hydrogen) atoms. The molecule has 1 aromatic rings. The van der Waals surface area contributed by atoms with Gasteiger partial charge in [-0.25, -0.2) is 0 Å². The number of rotatable bonds is 3. The van der Waals surface area contributed by atoms with E-state index in [-0.39, 0.29) is 23.8 Å². The molecule has 0 radical (unpaired) electrons. The van der Waals surface area contributed by atoms with Crippen molar-refractivity contribution in [2.24, 2.45) is 0 Å². The van der Waals surface area contributed by atoms with Gasteiger partial charge in [-0.3, -0.25) is 19.7 Å². The largest absolute Gasteiger partial charge is 0.330 e. The van der Waals surface area contributed by atoms with Crippen LogP contribution in [0.4, 0.5) is 5.69 Å². The van der Waals surface area contributed by atoms with Crippen LogP contribution in [0.2, 0.25) is 0 Å². The number of nitrogens with zero attached hydrogens (tertiary/aromatic N) is 1. The first kappa shape index (κ1) is 13.9. The first-order chi connectivity index (χ1) is 9.40. The lowest BCUT2D eigenvalue weighted by atomic mass is 9.82. The van der Waals surface area contributed by atoms with Crippen molar-refractivity contribution < 1.29 is 14.5 Å². The van der Waals surface area contributed by atoms with Crippen molar-refractivity contribution in [2.45, 2.75) is 26.2 Å². The molecule has 1 heterocycles. The van der Waals surface area contributed by atoms with Crippen molar-refractivity contribution in [3.8, 4) is 0 Å². The quantitative estimate of drug-likeness (QED) is 0.674. The highest BCUT2D eigenvalue weighted by molar-refractivity contribution is 5.99. The molecular weight excluding hydrogens is 260 g/mol. The smallest absolute Gasteiger partial charge is 0.269 e. The Kier molecular flexibility index (Phi) is 3.65. The summed E-state index contributed by atoms with van der Waals surface area (Å²) in [6.45, 7) is 3.10. The van der Waals surface area contributed by atoms with Crippen molar-refractivity contribution in [3.05, 3.63) is 51.2 Å². The van der Waals surface area contributed by atoms with Gasteiger partial charge in [-0.1, -0.05) is 12.1 Å². The van der Waals surface area contributed by atoms with Crippen LogP contribution in [-0.2, 0) is 9.59 Å². The average molecular weight is 274 g/mol. The zero-order chi connectivity index (χ0) is 14.9. The average Bonchev–Trinajstić information content (AvgIpc) is 2.37. The van der Waals surface area contributed by atoms with Crippen LogP contribution in [-0.4, -0.2) is 16.6 Å². The van der Waals surface area contributed by atoms with Gasteiger partial charge in [0, 0.05) is 35.7 Å². The highest BCUT2D eigenvalue weighted by Crippen LogP contribution is 2.34. The number of hydrogen-bond donors (Lipinski definition) is 1. The van der Waals surface area contributed by atoms with E-state index in [4.69, 9.17) is 0 Å². The predicted octanol–water partition coefficient (Wildman–Crippen LogP) is 2.06. The van der Waals surface area contributed by atoms with Gasteiger partial charge in [0.15, 0.2) is 5.78 Å². The molecule has 0 fully saturated rings. The molecule has 1 aliphatic heterocycles. The molecule has 0 unspecified atom stereocenters. The zero-order valence-corrected chi connectivity index (χ0v) is 11.2. The van der Waals surface area contributed by atoms with Crippen LogP contribution in [0.5, 0.6) is 0 Å². The molecule has 104 valence electrons. The molecule has 0 saturated carbocycles. The molecule has 6 heteroatoms. The fourth-order valence-electron chi connectivity index (χ4n) is 2.53. The number of carbonyl (C=O) groups is 2. The van der Waals surface area contributed by atoms with Gasteiger partial charge in [0.25, 0.3) is 5.69 Å². The Labute approximate surface area is 115 Å². The number of nitrogens with one attached hydrogen (secondary N) is 1. The number of nitro groups is 1. The van der Waals surface area contributed by atoms with Crippen LogP contribution in [0.1, 0.15) is 31.7 Å². The summed E-state index contributed by atoms with van der Waals surface area (Å²) in [4.78, 5) is 33.8. The van der Waals surface area contributed by atoms with Crippen LogP contribution in [0.3, 0.4) is 0 Å². The number of hydrogen-bond acceptors (Lipinski definition) is 4. The Hall–Kier alpha value is -2.50. The summed E-state index contributed by atoms with van der Waals surface area (Å²) in [7, 11) is 0. The van der Waals surface area contributed by atoms with Crippen LogP contribution >= 0.6 is 0 Å². The molecule has 1 N–H and O–H groups in total. The van der Waals surface area contributed by atoms with E-state index >= 15 is 0 Å². The van der Waals surface area contributed by atoms with E-state index in [0.717, 1.165) is 0 Å². The predicted molar refractivity (Wildman–Crippen MR) is 72.0 cm³/mol. The number of nitro benzene ring substituents is 1. The second-order valence-electron chi connectivity index (χ2n) is 4.75. The first-order valence-corrected chi connectivity index (χ1v) is 6.16. The molecule has 0 saturated heterocycles. The maximum atomic E-state index is 11.8. The summed E-state index contributed by atoms with van der Waals surface area (Å²) in [6.07, 6.45) is 0.118. The highest BCUT2D eigenvalue weighted by Gasteiger charge is 2.30. The molecule has 1 atom stereocenters. The second kappa shape index (κ2) is 5.24. The summed E-state index contributed by atoms with van der Waals surface area (Å²) >= 11 is 0. The van der Waals surface area contributed by atoms with E-state index in [9.17, 15) is 19.7 Å². The lowest BCUT2D eigenvalue weighted by Gasteiger charge is -2.26. The summed E-state index contributed by atoms with van der Waals surface area (Å²) < 4.78 is 0. The standard InChI is InChI=1S/C14H14N2O4/c1-8-14(9(2)17)12(7-13(18)15-8)10-4-3-5-11(6-10)16(19)20/h3-6,12H,7H2,1-2H3,(H,15,18)/t12-/m1/s1. The minimum atomic E-state index is -0.490. The molecule has 0 spiro atoms. The maximum absolute atomic E-state index is 11.8. The topological polar surface area (TPSA) is 89.3 Å². The van der Waals surface area contributed by atoms with Crippen LogP contribution < -0.4 is 5.32 Å². The SMILES string of the molecule is CC(=O)C1=C(C)NC(=O)C[C@@H]1c1cccc([N+](=O)[O-])c1. The van der Waals surface area contributed by atoms with Crippen LogP contribution in [0.25, 0.3) is 0 Å². The Morgan fingerprint density at radius 2 is 2.15 bits per heavy atom. The molecule has 6 nitrogen and oxygen atoms in total. The van der Waals surface area contributed by atoms with Gasteiger partial charge in [0.1, 0.15) is 0 Å². The van der Waals surface area contributed by atoms with Gasteiger partial charge in [-0.2, -0.15) is 0 Å². The number of carbonyl (C=O) groups excluding carboxylic acids is 2. The molecule has 1 amide bonds. The summed E-state index contributed by atoms with van der Waals surface area (Å²) in [5, 5.41) is 13.5. The number of Topliss-reactive ketones (excluding diaryl/α,β-unsaturated/α-hetero) is 1. The number of non-ortho nitro benzene ring substituents is 1. The van der Waals surface area contributed by atoms with E-state index < -0.39 is 10.8 Å². The lowest BCUT2D eigenvalue weighted by molar-refractivity contribution is -0.384. The van der Waals surface area contributed by atoms with E-state index in [2.05, 4.69) is 5.32 Å². The van der Waals surface area contributed by atoms with Crippen LogP contribution in [0, 0.1) is 10.1 Å². The number of amides is 1. The third kappa shape index (κ3) is 2.59. The van der Waals surface area contributed by atoms with E-state index in [1.807, 2.05) is 0 Å². The number of ketones is 1. The minimum Gasteiger partial charge on any atom is -0.330 e. The van der Waals surface area contributed by atoms with Gasteiger partial charge in [0.05, 0.1) is 4.92 Å². The summed E-state index contributed by atoms with van der Waals surface area (Å²) in [5.41, 5.74) is 1.59. The first-order valence-electron chi connectivity index (χ1n) is 6.16. The fourth-order valence-corrected chi connectivity index (χ4v) is 2.53. The fraction of sp³-hybridized carbons (Fsp3) is 0.286.